The van der Waals surface area contributed by atoms with Crippen molar-refractivity contribution in [2.45, 2.75) is 28.8 Å². The van der Waals surface area contributed by atoms with Gasteiger partial charge in [0.2, 0.25) is 0 Å². The Labute approximate surface area is 87.2 Å². The smallest absolute Gasteiger partial charge is 0.0602 e. The summed E-state index contributed by atoms with van der Waals surface area (Å²) in [6, 6.07) is 4.15. The Balaban J connectivity index is 2.49. The molecule has 1 aromatic heterocycles. The first-order valence-electron chi connectivity index (χ1n) is 4.34. The van der Waals surface area contributed by atoms with E-state index in [9.17, 15) is 0 Å². The van der Waals surface area contributed by atoms with Gasteiger partial charge in [-0.25, -0.2) is 0 Å². The Bertz CT molecular complexity index is 226. The van der Waals surface area contributed by atoms with E-state index in [-0.39, 0.29) is 17.9 Å². The summed E-state index contributed by atoms with van der Waals surface area (Å²) in [5, 5.41) is 11.3. The standard InChI is InChI=1S/C9H15NOS2/c1-2-7(10)8(6-11)13-9-4-3-5-12-9/h3-5,7-8,11H,2,6,10H2,1H3. The average Bonchev–Trinajstić information content (AvgIpc) is 2.65. The highest BCUT2D eigenvalue weighted by atomic mass is 32.2. The number of aliphatic hydroxyl groups is 1. The van der Waals surface area contributed by atoms with Crippen LogP contribution in [0.25, 0.3) is 0 Å². The van der Waals surface area contributed by atoms with Crippen molar-refractivity contribution < 1.29 is 5.11 Å². The van der Waals surface area contributed by atoms with Gasteiger partial charge >= 0.3 is 0 Å². The van der Waals surface area contributed by atoms with E-state index in [0.29, 0.717) is 0 Å². The molecule has 0 bridgehead atoms. The van der Waals surface area contributed by atoms with Crippen molar-refractivity contribution in [3.63, 3.8) is 0 Å². The molecular formula is C9H15NOS2. The highest BCUT2D eigenvalue weighted by Gasteiger charge is 2.16. The average molecular weight is 217 g/mol. The van der Waals surface area contributed by atoms with Gasteiger partial charge < -0.3 is 10.8 Å². The number of thioether (sulfide) groups is 1. The zero-order chi connectivity index (χ0) is 9.68. The summed E-state index contributed by atoms with van der Waals surface area (Å²) >= 11 is 3.36. The number of aliphatic hydroxyl groups excluding tert-OH is 1. The fraction of sp³-hybridized carbons (Fsp3) is 0.556. The summed E-state index contributed by atoms with van der Waals surface area (Å²) in [5.41, 5.74) is 5.87. The molecule has 13 heavy (non-hydrogen) atoms. The lowest BCUT2D eigenvalue weighted by Crippen LogP contribution is -2.34. The van der Waals surface area contributed by atoms with E-state index in [4.69, 9.17) is 10.8 Å². The van der Waals surface area contributed by atoms with Crippen molar-refractivity contribution in [2.75, 3.05) is 6.61 Å². The van der Waals surface area contributed by atoms with Crippen LogP contribution >= 0.6 is 23.1 Å². The summed E-state index contributed by atoms with van der Waals surface area (Å²) in [5.74, 6) is 0. The first-order valence-corrected chi connectivity index (χ1v) is 6.10. The maximum atomic E-state index is 9.13. The number of thiophene rings is 1. The van der Waals surface area contributed by atoms with Crippen LogP contribution in [-0.4, -0.2) is 23.0 Å². The molecule has 0 fully saturated rings. The van der Waals surface area contributed by atoms with Crippen molar-refractivity contribution in [3.05, 3.63) is 17.5 Å². The minimum absolute atomic E-state index is 0.0806. The molecule has 1 aromatic rings. The molecule has 2 unspecified atom stereocenters. The minimum atomic E-state index is 0.0806. The lowest BCUT2D eigenvalue weighted by Gasteiger charge is -2.18. The van der Waals surface area contributed by atoms with Crippen molar-refractivity contribution in [3.8, 4) is 0 Å². The zero-order valence-corrected chi connectivity index (χ0v) is 9.28. The lowest BCUT2D eigenvalue weighted by molar-refractivity contribution is 0.281. The van der Waals surface area contributed by atoms with Crippen LogP contribution in [0.5, 0.6) is 0 Å². The Morgan fingerprint density at radius 2 is 2.46 bits per heavy atom. The molecule has 0 aromatic carbocycles. The van der Waals surface area contributed by atoms with Gasteiger partial charge in [0.05, 0.1) is 10.8 Å². The molecule has 1 heterocycles. The molecule has 1 rings (SSSR count). The van der Waals surface area contributed by atoms with Gasteiger partial charge in [0.25, 0.3) is 0 Å². The zero-order valence-electron chi connectivity index (χ0n) is 7.64. The maximum absolute atomic E-state index is 9.13. The first-order chi connectivity index (χ1) is 6.27. The SMILES string of the molecule is CCC(N)C(CO)Sc1cccs1. The van der Waals surface area contributed by atoms with Crippen LogP contribution < -0.4 is 5.73 Å². The van der Waals surface area contributed by atoms with Crippen LogP contribution in [0.1, 0.15) is 13.3 Å². The number of nitrogens with two attached hydrogens (primary N) is 1. The van der Waals surface area contributed by atoms with Crippen LogP contribution in [0.2, 0.25) is 0 Å². The normalized spacial score (nSPS) is 15.6. The third-order valence-electron chi connectivity index (χ3n) is 1.89. The fourth-order valence-electron chi connectivity index (χ4n) is 1.00. The molecule has 0 radical (unpaired) electrons. The number of hydrogen-bond acceptors (Lipinski definition) is 4. The number of hydrogen-bond donors (Lipinski definition) is 2. The molecule has 0 saturated heterocycles. The highest BCUT2D eigenvalue weighted by molar-refractivity contribution is 8.01. The van der Waals surface area contributed by atoms with Gasteiger partial charge in [-0.1, -0.05) is 13.0 Å². The molecule has 74 valence electrons. The molecular weight excluding hydrogens is 202 g/mol. The molecule has 0 amide bonds. The van der Waals surface area contributed by atoms with Gasteiger partial charge in [-0.3, -0.25) is 0 Å². The lowest BCUT2D eigenvalue weighted by atomic mass is 10.2. The third kappa shape index (κ3) is 3.31. The molecule has 2 atom stereocenters. The van der Waals surface area contributed by atoms with Gasteiger partial charge in [-0.15, -0.1) is 23.1 Å². The predicted molar refractivity (Wildman–Crippen MR) is 59.3 cm³/mol. The van der Waals surface area contributed by atoms with Crippen molar-refractivity contribution in [2.24, 2.45) is 5.73 Å². The highest BCUT2D eigenvalue weighted by Crippen LogP contribution is 2.29. The summed E-state index contributed by atoms with van der Waals surface area (Å²) in [6.45, 7) is 2.19. The minimum Gasteiger partial charge on any atom is -0.395 e. The van der Waals surface area contributed by atoms with E-state index in [1.165, 1.54) is 4.21 Å². The molecule has 0 aliphatic heterocycles. The molecule has 2 nitrogen and oxygen atoms in total. The Morgan fingerprint density at radius 3 is 2.92 bits per heavy atom. The second-order valence-electron chi connectivity index (χ2n) is 2.84. The number of rotatable bonds is 5. The monoisotopic (exact) mass is 217 g/mol. The topological polar surface area (TPSA) is 46.2 Å². The largest absolute Gasteiger partial charge is 0.395 e. The van der Waals surface area contributed by atoms with Crippen LogP contribution in [0, 0.1) is 0 Å². The van der Waals surface area contributed by atoms with Crippen LogP contribution in [0.4, 0.5) is 0 Å². The summed E-state index contributed by atoms with van der Waals surface area (Å²) in [6.07, 6.45) is 0.906. The summed E-state index contributed by atoms with van der Waals surface area (Å²) in [4.78, 5) is 0. The first kappa shape index (κ1) is 11.0. The Kier molecular flexibility index (Phi) is 4.80. The van der Waals surface area contributed by atoms with Gasteiger partial charge in [-0.2, -0.15) is 0 Å². The Morgan fingerprint density at radius 1 is 1.69 bits per heavy atom. The second kappa shape index (κ2) is 5.65. The Hall–Kier alpha value is -0.0300. The van der Waals surface area contributed by atoms with Gasteiger partial charge in [0, 0.05) is 11.3 Å². The van der Waals surface area contributed by atoms with E-state index in [0.717, 1.165) is 6.42 Å². The summed E-state index contributed by atoms with van der Waals surface area (Å²) < 4.78 is 1.22. The van der Waals surface area contributed by atoms with E-state index in [1.54, 1.807) is 23.1 Å². The molecule has 4 heteroatoms. The van der Waals surface area contributed by atoms with Crippen LogP contribution in [0.15, 0.2) is 21.7 Å². The molecule has 0 spiro atoms. The molecule has 0 aliphatic carbocycles. The van der Waals surface area contributed by atoms with Crippen LogP contribution in [0.3, 0.4) is 0 Å². The van der Waals surface area contributed by atoms with E-state index < -0.39 is 0 Å². The quantitative estimate of drug-likeness (QED) is 0.741. The summed E-state index contributed by atoms with van der Waals surface area (Å²) in [7, 11) is 0. The van der Waals surface area contributed by atoms with Gasteiger partial charge in [0.15, 0.2) is 0 Å². The molecule has 0 saturated carbocycles. The van der Waals surface area contributed by atoms with E-state index >= 15 is 0 Å². The predicted octanol–water partition coefficient (Wildman–Crippen LogP) is 1.94. The fourth-order valence-corrected chi connectivity index (χ4v) is 3.11. The van der Waals surface area contributed by atoms with Crippen molar-refractivity contribution in [1.29, 1.82) is 0 Å². The van der Waals surface area contributed by atoms with E-state index in [1.807, 2.05) is 18.4 Å². The second-order valence-corrected chi connectivity index (χ2v) is 5.33. The van der Waals surface area contributed by atoms with Crippen LogP contribution in [-0.2, 0) is 0 Å². The van der Waals surface area contributed by atoms with Gasteiger partial charge in [0.1, 0.15) is 0 Å². The maximum Gasteiger partial charge on any atom is 0.0602 e. The third-order valence-corrected chi connectivity index (χ3v) is 4.30. The van der Waals surface area contributed by atoms with Crippen molar-refractivity contribution >= 4 is 23.1 Å². The van der Waals surface area contributed by atoms with Gasteiger partial charge in [-0.05, 0) is 17.9 Å². The molecule has 0 aliphatic rings. The molecule has 3 N–H and O–H groups in total. The van der Waals surface area contributed by atoms with E-state index in [2.05, 4.69) is 6.07 Å². The van der Waals surface area contributed by atoms with Crippen molar-refractivity contribution in [1.82, 2.24) is 0 Å².